The number of nitrogens with zero attached hydrogens (tertiary/aromatic N) is 2. The van der Waals surface area contributed by atoms with E-state index in [0.717, 1.165) is 18.7 Å². The van der Waals surface area contributed by atoms with Gasteiger partial charge in [0.05, 0.1) is 17.5 Å². The van der Waals surface area contributed by atoms with Gasteiger partial charge in [-0.25, -0.2) is 8.42 Å². The van der Waals surface area contributed by atoms with E-state index in [1.807, 2.05) is 13.8 Å². The number of nitrogens with one attached hydrogen (secondary N) is 2. The molecule has 12 heteroatoms. The number of amidine groups is 1. The third-order valence-electron chi connectivity index (χ3n) is 5.67. The maximum Gasteiger partial charge on any atom is 0.286 e. The first kappa shape index (κ1) is 24.7. The number of rotatable bonds is 6. The van der Waals surface area contributed by atoms with Gasteiger partial charge in [0.15, 0.2) is 5.84 Å². The first-order valence-electron chi connectivity index (χ1n) is 10.9. The summed E-state index contributed by atoms with van der Waals surface area (Å²) in [6.45, 7) is 5.84. The lowest BCUT2D eigenvalue weighted by Gasteiger charge is -2.21. The Morgan fingerprint density at radius 2 is 1.91 bits per heavy atom. The minimum Gasteiger partial charge on any atom is -0.507 e. The molecule has 1 aliphatic rings. The Bertz CT molecular complexity index is 1660. The van der Waals surface area contributed by atoms with Gasteiger partial charge in [0, 0.05) is 16.9 Å². The lowest BCUT2D eigenvalue weighted by molar-refractivity contribution is 0.461. The van der Waals surface area contributed by atoms with Crippen molar-refractivity contribution in [3.8, 4) is 5.75 Å². The van der Waals surface area contributed by atoms with E-state index in [0.29, 0.717) is 29.1 Å². The van der Waals surface area contributed by atoms with E-state index in [1.54, 1.807) is 25.1 Å². The highest BCUT2D eigenvalue weighted by Crippen LogP contribution is 2.34. The van der Waals surface area contributed by atoms with Crippen molar-refractivity contribution >= 4 is 42.8 Å². The van der Waals surface area contributed by atoms with Crippen LogP contribution in [0.15, 0.2) is 50.5 Å². The van der Waals surface area contributed by atoms with Gasteiger partial charge in [-0.05, 0) is 56.0 Å². The van der Waals surface area contributed by atoms with Gasteiger partial charge >= 0.3 is 0 Å². The topological polar surface area (TPSA) is 146 Å². The number of hydrogen-bond donors (Lipinski definition) is 3. The summed E-state index contributed by atoms with van der Waals surface area (Å²) in [6, 6.07) is 9.18. The van der Waals surface area contributed by atoms with Crippen molar-refractivity contribution in [2.24, 2.45) is 10.3 Å². The number of fused-ring (bicyclic) bond motifs is 2. The van der Waals surface area contributed by atoms with Crippen LogP contribution in [0.5, 0.6) is 5.75 Å². The Morgan fingerprint density at radius 3 is 2.57 bits per heavy atom. The van der Waals surface area contributed by atoms with E-state index < -0.39 is 25.6 Å². The molecule has 1 aromatic carbocycles. The molecule has 0 unspecified atom stereocenters. The summed E-state index contributed by atoms with van der Waals surface area (Å²) in [5.74, 6) is -0.282. The molecule has 4 rings (SSSR count). The fraction of sp³-hybridized carbons (Fsp3) is 0.304. The zero-order valence-corrected chi connectivity index (χ0v) is 21.3. The zero-order chi connectivity index (χ0) is 25.7. The first-order valence-corrected chi connectivity index (χ1v) is 14.2. The van der Waals surface area contributed by atoms with Crippen LogP contribution in [0.2, 0.25) is 0 Å². The maximum atomic E-state index is 13.5. The second-order valence-corrected chi connectivity index (χ2v) is 12.3. The summed E-state index contributed by atoms with van der Waals surface area (Å²) in [6.07, 6.45) is 2.16. The fourth-order valence-electron chi connectivity index (χ4n) is 4.05. The minimum absolute atomic E-state index is 0.0514. The number of sulfonamides is 2. The fourth-order valence-corrected chi connectivity index (χ4v) is 5.75. The van der Waals surface area contributed by atoms with Gasteiger partial charge in [-0.1, -0.05) is 19.9 Å². The van der Waals surface area contributed by atoms with E-state index >= 15 is 0 Å². The molecular weight excluding hydrogens is 492 g/mol. The molecule has 0 atom stereocenters. The highest BCUT2D eigenvalue weighted by atomic mass is 32.2. The largest absolute Gasteiger partial charge is 0.507 e. The molecule has 1 aliphatic heterocycles. The van der Waals surface area contributed by atoms with Crippen molar-refractivity contribution in [2.45, 2.75) is 38.5 Å². The molecule has 3 N–H and O–H groups in total. The third kappa shape index (κ3) is 4.76. The molecule has 0 amide bonds. The molecule has 10 nitrogen and oxygen atoms in total. The Kier molecular flexibility index (Phi) is 6.14. The van der Waals surface area contributed by atoms with Gasteiger partial charge in [0.1, 0.15) is 16.2 Å². The summed E-state index contributed by atoms with van der Waals surface area (Å²) in [5, 5.41) is 14.0. The van der Waals surface area contributed by atoms with Crippen LogP contribution in [0.4, 0.5) is 11.4 Å². The zero-order valence-electron chi connectivity index (χ0n) is 19.7. The lowest BCUT2D eigenvalue weighted by atomic mass is 9.98. The summed E-state index contributed by atoms with van der Waals surface area (Å²) >= 11 is 0. The van der Waals surface area contributed by atoms with E-state index in [4.69, 9.17) is 0 Å². The Hall–Kier alpha value is -3.38. The third-order valence-corrected chi connectivity index (χ3v) is 7.59. The van der Waals surface area contributed by atoms with Crippen LogP contribution >= 0.6 is 0 Å². The average molecular weight is 519 g/mol. The molecule has 0 saturated heterocycles. The number of anilines is 2. The Balaban J connectivity index is 1.92. The minimum atomic E-state index is -4.32. The van der Waals surface area contributed by atoms with Crippen molar-refractivity contribution in [1.82, 2.24) is 4.40 Å². The maximum absolute atomic E-state index is 13.5. The van der Waals surface area contributed by atoms with Gasteiger partial charge in [-0.15, -0.1) is 4.40 Å². The summed E-state index contributed by atoms with van der Waals surface area (Å²) in [5.41, 5.74) is 0.996. The second kappa shape index (κ2) is 8.68. The summed E-state index contributed by atoms with van der Waals surface area (Å²) in [7, 11) is -7.95. The van der Waals surface area contributed by atoms with Gasteiger partial charge in [0.2, 0.25) is 10.0 Å². The highest BCUT2D eigenvalue weighted by Gasteiger charge is 2.31. The van der Waals surface area contributed by atoms with Gasteiger partial charge in [-0.3, -0.25) is 13.9 Å². The normalized spacial score (nSPS) is 14.9. The van der Waals surface area contributed by atoms with Gasteiger partial charge in [-0.2, -0.15) is 8.42 Å². The van der Waals surface area contributed by atoms with Crippen molar-refractivity contribution < 1.29 is 21.9 Å². The van der Waals surface area contributed by atoms with Crippen LogP contribution in [-0.4, -0.2) is 38.4 Å². The molecule has 0 bridgehead atoms. The number of aromatic hydroxyl groups is 1. The molecule has 0 saturated carbocycles. The number of pyridine rings is 2. The van der Waals surface area contributed by atoms with Crippen molar-refractivity contribution in [1.29, 1.82) is 0 Å². The summed E-state index contributed by atoms with van der Waals surface area (Å²) < 4.78 is 56.6. The smallest absolute Gasteiger partial charge is 0.286 e. The lowest BCUT2D eigenvalue weighted by Crippen LogP contribution is -2.31. The molecule has 186 valence electrons. The highest BCUT2D eigenvalue weighted by molar-refractivity contribution is 7.92. The van der Waals surface area contributed by atoms with Gasteiger partial charge in [0.25, 0.3) is 15.6 Å². The average Bonchev–Trinajstić information content (AvgIpc) is 2.72. The van der Waals surface area contributed by atoms with Crippen LogP contribution < -0.4 is 15.6 Å². The number of hydrogen-bond acceptors (Lipinski definition) is 7. The number of benzene rings is 1. The number of aromatic nitrogens is 1. The molecule has 3 aromatic rings. The molecule has 2 aromatic heterocycles. The van der Waals surface area contributed by atoms with Crippen LogP contribution in [0.25, 0.3) is 5.52 Å². The predicted octanol–water partition coefficient (Wildman–Crippen LogP) is 2.83. The molecule has 0 spiro atoms. The molecule has 35 heavy (non-hydrogen) atoms. The van der Waals surface area contributed by atoms with Crippen LogP contribution in [0.3, 0.4) is 0 Å². The van der Waals surface area contributed by atoms with Crippen molar-refractivity contribution in [2.75, 3.05) is 16.3 Å². The van der Waals surface area contributed by atoms with E-state index in [-0.39, 0.29) is 33.4 Å². The SMILES string of the molecule is Cc1cccc2c(CCC(C)C)c(O)c(C3=NS(=O)(=O)c4cc(NS(C)(=O)=O)ccc4N3)c(=O)n12. The molecule has 0 radical (unpaired) electrons. The quantitative estimate of drug-likeness (QED) is 0.455. The molecule has 0 aliphatic carbocycles. The Morgan fingerprint density at radius 1 is 1.20 bits per heavy atom. The van der Waals surface area contributed by atoms with Crippen molar-refractivity contribution in [3.05, 3.63) is 63.6 Å². The van der Waals surface area contributed by atoms with Gasteiger partial charge < -0.3 is 10.4 Å². The van der Waals surface area contributed by atoms with Crippen LogP contribution in [0.1, 0.15) is 37.1 Å². The van der Waals surface area contributed by atoms with E-state index in [1.165, 1.54) is 16.5 Å². The molecule has 0 fully saturated rings. The first-order chi connectivity index (χ1) is 16.3. The predicted molar refractivity (Wildman–Crippen MR) is 135 cm³/mol. The van der Waals surface area contributed by atoms with Crippen molar-refractivity contribution in [3.63, 3.8) is 0 Å². The van der Waals surface area contributed by atoms with E-state index in [9.17, 15) is 26.7 Å². The number of aryl methyl sites for hydroxylation is 2. The Labute approximate surface area is 203 Å². The summed E-state index contributed by atoms with van der Waals surface area (Å²) in [4.78, 5) is 13.2. The molecule has 3 heterocycles. The van der Waals surface area contributed by atoms with Crippen LogP contribution in [-0.2, 0) is 26.5 Å². The monoisotopic (exact) mass is 518 g/mol. The van der Waals surface area contributed by atoms with Crippen LogP contribution in [0, 0.1) is 12.8 Å². The standard InChI is InChI=1S/C23H26N4O6S2/c1-13(2)8-10-16-18-7-5-6-14(3)27(18)23(29)20(21(16)28)22-24-17-11-9-15(25-34(4,30)31)12-19(17)35(32,33)26-22/h5-7,9,11-13,25,28H,8,10H2,1-4H3,(H,24,26). The van der Waals surface area contributed by atoms with E-state index in [2.05, 4.69) is 14.4 Å². The second-order valence-electron chi connectivity index (χ2n) is 8.95. The molecular formula is C23H26N4O6S2.